The third-order valence-electron chi connectivity index (χ3n) is 4.69. The number of thiazole rings is 1. The Morgan fingerprint density at radius 2 is 1.76 bits per heavy atom. The maximum Gasteiger partial charge on any atom is 0.256 e. The summed E-state index contributed by atoms with van der Waals surface area (Å²) in [6.45, 7) is 1.98. The van der Waals surface area contributed by atoms with Crippen molar-refractivity contribution in [3.05, 3.63) is 83.6 Å². The van der Waals surface area contributed by atoms with Crippen LogP contribution < -0.4 is 5.32 Å². The lowest BCUT2D eigenvalue weighted by Crippen LogP contribution is -2.13. The molecule has 3 aromatic heterocycles. The van der Waals surface area contributed by atoms with Crippen molar-refractivity contribution in [2.24, 2.45) is 0 Å². The Morgan fingerprint density at radius 3 is 2.62 bits per heavy atom. The van der Waals surface area contributed by atoms with Crippen molar-refractivity contribution in [1.82, 2.24) is 15.0 Å². The van der Waals surface area contributed by atoms with Crippen LogP contribution in [-0.2, 0) is 0 Å². The van der Waals surface area contributed by atoms with E-state index in [0.29, 0.717) is 5.56 Å². The number of carbonyl (C=O) groups excluding carboxylic acids is 1. The van der Waals surface area contributed by atoms with Crippen LogP contribution in [0.5, 0.6) is 0 Å². The summed E-state index contributed by atoms with van der Waals surface area (Å²) in [6, 6.07) is 19.1. The molecule has 5 nitrogen and oxygen atoms in total. The first-order valence-electron chi connectivity index (χ1n) is 9.16. The maximum absolute atomic E-state index is 13.2. The average Bonchev–Trinajstić information content (AvgIpc) is 3.13. The fourth-order valence-electron chi connectivity index (χ4n) is 3.35. The molecule has 0 spiro atoms. The number of nitrogens with one attached hydrogen (secondary N) is 1. The molecule has 0 atom stereocenters. The summed E-state index contributed by atoms with van der Waals surface area (Å²) < 4.78 is 1.05. The van der Waals surface area contributed by atoms with Crippen molar-refractivity contribution in [1.29, 1.82) is 0 Å². The molecule has 140 valence electrons. The Kier molecular flexibility index (Phi) is 4.26. The van der Waals surface area contributed by atoms with Crippen molar-refractivity contribution in [2.75, 3.05) is 5.32 Å². The first-order valence-corrected chi connectivity index (χ1v) is 9.98. The van der Waals surface area contributed by atoms with Gasteiger partial charge in [0.15, 0.2) is 0 Å². The van der Waals surface area contributed by atoms with Gasteiger partial charge >= 0.3 is 0 Å². The number of aryl methyl sites for hydroxylation is 1. The standard InChI is InChI=1S/C23H16N4OS/c1-14-25-20-7-6-16(12-22(20)29-14)26-23(28)18-13-21(15-8-10-24-11-9-15)27-19-5-3-2-4-17(18)19/h2-13H,1H3,(H,26,28). The molecule has 3 heterocycles. The zero-order valence-corrected chi connectivity index (χ0v) is 16.4. The SMILES string of the molecule is Cc1nc2ccc(NC(=O)c3cc(-c4ccncc4)nc4ccccc34)cc2s1. The molecule has 0 radical (unpaired) electrons. The highest BCUT2D eigenvalue weighted by Crippen LogP contribution is 2.27. The van der Waals surface area contributed by atoms with Crippen molar-refractivity contribution in [3.63, 3.8) is 0 Å². The third-order valence-corrected chi connectivity index (χ3v) is 5.62. The smallest absolute Gasteiger partial charge is 0.256 e. The molecule has 1 N–H and O–H groups in total. The first-order chi connectivity index (χ1) is 14.2. The number of aromatic nitrogens is 3. The molecule has 5 rings (SSSR count). The predicted molar refractivity (Wildman–Crippen MR) is 117 cm³/mol. The lowest BCUT2D eigenvalue weighted by Gasteiger charge is -2.11. The molecule has 5 aromatic rings. The van der Waals surface area contributed by atoms with Crippen molar-refractivity contribution >= 4 is 44.1 Å². The van der Waals surface area contributed by atoms with E-state index in [1.165, 1.54) is 0 Å². The van der Waals surface area contributed by atoms with E-state index in [9.17, 15) is 4.79 Å². The van der Waals surface area contributed by atoms with Crippen molar-refractivity contribution < 1.29 is 4.79 Å². The number of hydrogen-bond acceptors (Lipinski definition) is 5. The van der Waals surface area contributed by atoms with E-state index < -0.39 is 0 Å². The Balaban J connectivity index is 1.57. The highest BCUT2D eigenvalue weighted by Gasteiger charge is 2.15. The summed E-state index contributed by atoms with van der Waals surface area (Å²) in [5.74, 6) is -0.167. The fourth-order valence-corrected chi connectivity index (χ4v) is 4.22. The molecule has 1 amide bonds. The summed E-state index contributed by atoms with van der Waals surface area (Å²) in [7, 11) is 0. The lowest BCUT2D eigenvalue weighted by atomic mass is 10.0. The molecule has 0 bridgehead atoms. The van der Waals surface area contributed by atoms with E-state index in [-0.39, 0.29) is 5.91 Å². The van der Waals surface area contributed by atoms with Gasteiger partial charge in [0.05, 0.1) is 32.0 Å². The molecular formula is C23H16N4OS. The highest BCUT2D eigenvalue weighted by molar-refractivity contribution is 7.18. The van der Waals surface area contributed by atoms with Gasteiger partial charge in [-0.05, 0) is 49.4 Å². The van der Waals surface area contributed by atoms with Gasteiger partial charge < -0.3 is 5.32 Å². The van der Waals surface area contributed by atoms with E-state index >= 15 is 0 Å². The van der Waals surface area contributed by atoms with Crippen LogP contribution in [0.1, 0.15) is 15.4 Å². The average molecular weight is 396 g/mol. The fraction of sp³-hybridized carbons (Fsp3) is 0.0435. The molecule has 29 heavy (non-hydrogen) atoms. The van der Waals surface area contributed by atoms with Gasteiger partial charge in [0, 0.05) is 29.0 Å². The molecule has 0 fully saturated rings. The van der Waals surface area contributed by atoms with Crippen molar-refractivity contribution in [3.8, 4) is 11.3 Å². The van der Waals surface area contributed by atoms with Crippen molar-refractivity contribution in [2.45, 2.75) is 6.92 Å². The monoisotopic (exact) mass is 396 g/mol. The zero-order valence-electron chi connectivity index (χ0n) is 15.6. The summed E-state index contributed by atoms with van der Waals surface area (Å²) in [5, 5.41) is 4.85. The van der Waals surface area contributed by atoms with Crippen LogP contribution in [0.15, 0.2) is 73.1 Å². The number of rotatable bonds is 3. The van der Waals surface area contributed by atoms with E-state index in [4.69, 9.17) is 4.98 Å². The minimum absolute atomic E-state index is 0.167. The maximum atomic E-state index is 13.2. The molecule has 6 heteroatoms. The number of pyridine rings is 2. The van der Waals surface area contributed by atoms with Gasteiger partial charge in [-0.15, -0.1) is 11.3 Å². The third kappa shape index (κ3) is 3.34. The van der Waals surface area contributed by atoms with Crippen LogP contribution in [-0.4, -0.2) is 20.9 Å². The predicted octanol–water partition coefficient (Wildman–Crippen LogP) is 5.47. The Morgan fingerprint density at radius 1 is 0.931 bits per heavy atom. The second kappa shape index (κ2) is 7.07. The van der Waals surface area contributed by atoms with Crippen LogP contribution in [0.25, 0.3) is 32.4 Å². The van der Waals surface area contributed by atoms with Gasteiger partial charge in [0.2, 0.25) is 0 Å². The van der Waals surface area contributed by atoms with Crippen LogP contribution in [0, 0.1) is 6.92 Å². The molecule has 0 aliphatic rings. The van der Waals surface area contributed by atoms with Gasteiger partial charge in [-0.3, -0.25) is 9.78 Å². The molecule has 0 saturated carbocycles. The number of para-hydroxylation sites is 1. The minimum atomic E-state index is -0.167. The number of carbonyl (C=O) groups is 1. The van der Waals surface area contributed by atoms with Crippen LogP contribution in [0.2, 0.25) is 0 Å². The number of hydrogen-bond donors (Lipinski definition) is 1. The van der Waals surface area contributed by atoms with E-state index in [1.54, 1.807) is 23.7 Å². The summed E-state index contributed by atoms with van der Waals surface area (Å²) in [5.41, 5.74) is 4.71. The Labute approximate surface area is 171 Å². The molecule has 0 aliphatic carbocycles. The normalized spacial score (nSPS) is 11.1. The molecular weight excluding hydrogens is 380 g/mol. The largest absolute Gasteiger partial charge is 0.322 e. The molecule has 0 aliphatic heterocycles. The summed E-state index contributed by atoms with van der Waals surface area (Å²) in [6.07, 6.45) is 3.44. The van der Waals surface area contributed by atoms with Gasteiger partial charge in [0.25, 0.3) is 5.91 Å². The van der Waals surface area contributed by atoms with E-state index in [2.05, 4.69) is 15.3 Å². The van der Waals surface area contributed by atoms with E-state index in [1.807, 2.05) is 67.6 Å². The van der Waals surface area contributed by atoms with E-state index in [0.717, 1.165) is 43.1 Å². The first kappa shape index (κ1) is 17.5. The number of benzene rings is 2. The number of fused-ring (bicyclic) bond motifs is 2. The second-order valence-corrected chi connectivity index (χ2v) is 7.91. The van der Waals surface area contributed by atoms with Crippen LogP contribution in [0.3, 0.4) is 0 Å². The van der Waals surface area contributed by atoms with Gasteiger partial charge in [-0.1, -0.05) is 18.2 Å². The van der Waals surface area contributed by atoms with Crippen LogP contribution >= 0.6 is 11.3 Å². The van der Waals surface area contributed by atoms with Crippen LogP contribution in [0.4, 0.5) is 5.69 Å². The molecule has 0 saturated heterocycles. The summed E-state index contributed by atoms with van der Waals surface area (Å²) in [4.78, 5) is 26.4. The topological polar surface area (TPSA) is 67.8 Å². The lowest BCUT2D eigenvalue weighted by molar-refractivity contribution is 0.102. The zero-order chi connectivity index (χ0) is 19.8. The van der Waals surface area contributed by atoms with Gasteiger partial charge in [-0.25, -0.2) is 9.97 Å². The number of anilines is 1. The Bertz CT molecular complexity index is 1360. The summed E-state index contributed by atoms with van der Waals surface area (Å²) >= 11 is 1.61. The van der Waals surface area contributed by atoms with Gasteiger partial charge in [-0.2, -0.15) is 0 Å². The number of nitrogens with zero attached hydrogens (tertiary/aromatic N) is 3. The quantitative estimate of drug-likeness (QED) is 0.439. The number of amides is 1. The molecule has 0 unspecified atom stereocenters. The Hall–Kier alpha value is -3.64. The molecule has 2 aromatic carbocycles. The second-order valence-electron chi connectivity index (χ2n) is 6.68. The highest BCUT2D eigenvalue weighted by atomic mass is 32.1. The van der Waals surface area contributed by atoms with Gasteiger partial charge in [0.1, 0.15) is 0 Å². The minimum Gasteiger partial charge on any atom is -0.322 e.